The van der Waals surface area contributed by atoms with Gasteiger partial charge in [0.2, 0.25) is 0 Å². The summed E-state index contributed by atoms with van der Waals surface area (Å²) in [4.78, 5) is 10.1. The largest absolute Gasteiger partial charge is 0.456 e. The van der Waals surface area contributed by atoms with Crippen LogP contribution in [0.5, 0.6) is 0 Å². The molecule has 12 rings (SSSR count). The number of thiophene rings is 1. The Labute approximate surface area is 331 Å². The van der Waals surface area contributed by atoms with Gasteiger partial charge in [-0.05, 0) is 76.3 Å². The number of nitrogens with zero attached hydrogens (tertiary/aromatic N) is 4. The summed E-state index contributed by atoms with van der Waals surface area (Å²) in [6, 6.07) is 64.0. The number of amidine groups is 2. The van der Waals surface area contributed by atoms with E-state index in [2.05, 4.69) is 138 Å². The summed E-state index contributed by atoms with van der Waals surface area (Å²) >= 11 is 1.86. The molecule has 0 fully saturated rings. The third-order valence-electron chi connectivity index (χ3n) is 11.2. The topological polar surface area (TPSA) is 56.9 Å². The maximum Gasteiger partial charge on any atom is 0.137 e. The SMILES string of the molecule is c1ccc(C2=NC(c3ccc(-n4c5ccccc5c5ccc6oc7ccc(-c8cccc9c8sc8ccccc89)cc7c6c54)cc3)=NC(c3ccccc3)[N-]2)cc1. The molecule has 1 aliphatic rings. The highest BCUT2D eigenvalue weighted by Crippen LogP contribution is 2.44. The number of rotatable bonds is 5. The van der Waals surface area contributed by atoms with Gasteiger partial charge >= 0.3 is 0 Å². The van der Waals surface area contributed by atoms with Crippen LogP contribution in [-0.2, 0) is 0 Å². The Kier molecular flexibility index (Phi) is 7.09. The lowest BCUT2D eigenvalue weighted by molar-refractivity contribution is 0.669. The number of hydrogen-bond donors (Lipinski definition) is 0. The van der Waals surface area contributed by atoms with Crippen LogP contribution in [0.25, 0.3) is 86.0 Å². The highest BCUT2D eigenvalue weighted by atomic mass is 32.1. The third kappa shape index (κ3) is 5.08. The molecule has 57 heavy (non-hydrogen) atoms. The first-order chi connectivity index (χ1) is 28.2. The van der Waals surface area contributed by atoms with E-state index in [1.165, 1.54) is 42.1 Å². The second kappa shape index (κ2) is 12.6. The zero-order valence-electron chi connectivity index (χ0n) is 30.5. The molecule has 1 atom stereocenters. The minimum Gasteiger partial charge on any atom is -0.456 e. The molecule has 11 aromatic rings. The number of aromatic nitrogens is 1. The van der Waals surface area contributed by atoms with Crippen LogP contribution in [0.15, 0.2) is 196 Å². The summed E-state index contributed by atoms with van der Waals surface area (Å²) in [7, 11) is 0. The Hall–Kier alpha value is -7.28. The number of hydrogen-bond acceptors (Lipinski definition) is 4. The Balaban J connectivity index is 1.03. The molecular formula is C51H31N4OS-. The number of fused-ring (bicyclic) bond motifs is 10. The minimum atomic E-state index is -0.385. The van der Waals surface area contributed by atoms with E-state index in [1.54, 1.807) is 0 Å². The molecule has 0 radical (unpaired) electrons. The summed E-state index contributed by atoms with van der Waals surface area (Å²) in [6.45, 7) is 0. The lowest BCUT2D eigenvalue weighted by Crippen LogP contribution is -2.15. The number of aliphatic imine (C=N–C) groups is 2. The molecule has 3 aromatic heterocycles. The van der Waals surface area contributed by atoms with Crippen molar-refractivity contribution < 1.29 is 4.42 Å². The molecule has 5 nitrogen and oxygen atoms in total. The second-order valence-electron chi connectivity index (χ2n) is 14.5. The van der Waals surface area contributed by atoms with Crippen LogP contribution in [-0.4, -0.2) is 16.2 Å². The van der Waals surface area contributed by atoms with Gasteiger partial charge in [0, 0.05) is 42.0 Å². The van der Waals surface area contributed by atoms with Gasteiger partial charge in [-0.3, -0.25) is 4.99 Å². The smallest absolute Gasteiger partial charge is 0.137 e. The fraction of sp³-hybridized carbons (Fsp3) is 0.0196. The van der Waals surface area contributed by atoms with Crippen LogP contribution in [0.1, 0.15) is 22.9 Å². The first-order valence-electron chi connectivity index (χ1n) is 19.1. The first kappa shape index (κ1) is 32.0. The molecule has 268 valence electrons. The molecule has 0 N–H and O–H groups in total. The summed E-state index contributed by atoms with van der Waals surface area (Å²) in [6.07, 6.45) is -0.385. The molecule has 0 amide bonds. The predicted molar refractivity (Wildman–Crippen MR) is 238 cm³/mol. The normalized spacial score (nSPS) is 14.5. The van der Waals surface area contributed by atoms with Crippen molar-refractivity contribution in [1.82, 2.24) is 4.57 Å². The van der Waals surface area contributed by atoms with Gasteiger partial charge in [0.15, 0.2) is 0 Å². The van der Waals surface area contributed by atoms with Gasteiger partial charge in [-0.2, -0.15) is 0 Å². The maximum atomic E-state index is 6.62. The second-order valence-corrected chi connectivity index (χ2v) is 15.5. The summed E-state index contributed by atoms with van der Waals surface area (Å²) in [5.74, 6) is 1.34. The van der Waals surface area contributed by atoms with E-state index in [9.17, 15) is 0 Å². The van der Waals surface area contributed by atoms with E-state index >= 15 is 0 Å². The van der Waals surface area contributed by atoms with Crippen molar-refractivity contribution in [1.29, 1.82) is 0 Å². The van der Waals surface area contributed by atoms with E-state index in [0.29, 0.717) is 11.7 Å². The monoisotopic (exact) mass is 747 g/mol. The molecule has 6 heteroatoms. The lowest BCUT2D eigenvalue weighted by atomic mass is 10.00. The lowest BCUT2D eigenvalue weighted by Gasteiger charge is -2.32. The van der Waals surface area contributed by atoms with E-state index < -0.39 is 0 Å². The Morgan fingerprint density at radius 2 is 1.26 bits per heavy atom. The molecule has 0 spiro atoms. The zero-order chi connectivity index (χ0) is 37.5. The Morgan fingerprint density at radius 3 is 2.12 bits per heavy atom. The average Bonchev–Trinajstić information content (AvgIpc) is 3.96. The summed E-state index contributed by atoms with van der Waals surface area (Å²) in [5.41, 5.74) is 10.4. The maximum absolute atomic E-state index is 6.62. The third-order valence-corrected chi connectivity index (χ3v) is 12.4. The molecule has 4 heterocycles. The predicted octanol–water partition coefficient (Wildman–Crippen LogP) is 14.0. The number of furan rings is 1. The quantitative estimate of drug-likeness (QED) is 0.173. The van der Waals surface area contributed by atoms with Gasteiger partial charge in [0.25, 0.3) is 0 Å². The van der Waals surface area contributed by atoms with Gasteiger partial charge < -0.3 is 19.3 Å². The van der Waals surface area contributed by atoms with Crippen molar-refractivity contribution in [3.8, 4) is 16.8 Å². The van der Waals surface area contributed by atoms with Crippen molar-refractivity contribution in [2.24, 2.45) is 9.98 Å². The Bertz CT molecular complexity index is 3430. The minimum absolute atomic E-state index is 0.385. The van der Waals surface area contributed by atoms with Crippen molar-refractivity contribution in [2.75, 3.05) is 0 Å². The standard InChI is InChI=1S/C51H31N4OS/c1-3-12-31(13-4-1)49-52-50(32-14-5-2-6-15-32)54-51(53-49)33-22-25-35(26-23-33)55-42-20-9-7-16-37(42)39-27-29-44-46(47(39)55)41-30-34(24-28-43(41)56-44)36-18-11-19-40-38-17-8-10-21-45(38)57-48(36)40/h1-30,49H/q-1. The van der Waals surface area contributed by atoms with Crippen LogP contribution < -0.4 is 0 Å². The molecule has 1 aliphatic heterocycles. The van der Waals surface area contributed by atoms with E-state index in [0.717, 1.165) is 55.3 Å². The van der Waals surface area contributed by atoms with Crippen molar-refractivity contribution >= 4 is 86.9 Å². The summed E-state index contributed by atoms with van der Waals surface area (Å²) < 4.78 is 11.6. The molecule has 0 aliphatic carbocycles. The Morgan fingerprint density at radius 1 is 0.544 bits per heavy atom. The van der Waals surface area contributed by atoms with Crippen molar-refractivity contribution in [2.45, 2.75) is 6.17 Å². The van der Waals surface area contributed by atoms with Crippen molar-refractivity contribution in [3.05, 3.63) is 204 Å². The molecular weight excluding hydrogens is 717 g/mol. The van der Waals surface area contributed by atoms with Crippen LogP contribution in [0, 0.1) is 0 Å². The molecule has 0 saturated carbocycles. The zero-order valence-corrected chi connectivity index (χ0v) is 31.3. The van der Waals surface area contributed by atoms with Crippen LogP contribution in [0.2, 0.25) is 0 Å². The van der Waals surface area contributed by atoms with Gasteiger partial charge in [-0.25, -0.2) is 0 Å². The van der Waals surface area contributed by atoms with E-state index in [-0.39, 0.29) is 6.17 Å². The van der Waals surface area contributed by atoms with Gasteiger partial charge in [0.05, 0.1) is 28.4 Å². The van der Waals surface area contributed by atoms with E-state index in [1.807, 2.05) is 59.9 Å². The van der Waals surface area contributed by atoms with Crippen LogP contribution in [0.3, 0.4) is 0 Å². The van der Waals surface area contributed by atoms with E-state index in [4.69, 9.17) is 19.7 Å². The van der Waals surface area contributed by atoms with Crippen LogP contribution >= 0.6 is 11.3 Å². The average molecular weight is 748 g/mol. The number of benzene rings is 8. The fourth-order valence-corrected chi connectivity index (χ4v) is 9.78. The molecule has 1 unspecified atom stereocenters. The van der Waals surface area contributed by atoms with Gasteiger partial charge in [-0.15, -0.1) is 11.3 Å². The fourth-order valence-electron chi connectivity index (χ4n) is 8.55. The molecule has 8 aromatic carbocycles. The highest BCUT2D eigenvalue weighted by molar-refractivity contribution is 7.26. The highest BCUT2D eigenvalue weighted by Gasteiger charge is 2.21. The first-order valence-corrected chi connectivity index (χ1v) is 19.9. The van der Waals surface area contributed by atoms with Crippen LogP contribution in [0.4, 0.5) is 0 Å². The summed E-state index contributed by atoms with van der Waals surface area (Å²) in [5, 5.41) is 12.2. The molecule has 0 bridgehead atoms. The number of para-hydroxylation sites is 1. The molecule has 0 saturated heterocycles. The van der Waals surface area contributed by atoms with Gasteiger partial charge in [0.1, 0.15) is 11.2 Å². The van der Waals surface area contributed by atoms with Crippen molar-refractivity contribution in [3.63, 3.8) is 0 Å². The van der Waals surface area contributed by atoms with Gasteiger partial charge in [-0.1, -0.05) is 139 Å².